The molecule has 0 aliphatic carbocycles. The van der Waals surface area contributed by atoms with Gasteiger partial charge in [-0.15, -0.1) is 0 Å². The third-order valence-corrected chi connectivity index (χ3v) is 3.71. The zero-order chi connectivity index (χ0) is 13.8. The number of para-hydroxylation sites is 1. The van der Waals surface area contributed by atoms with E-state index < -0.39 is 0 Å². The normalized spacial score (nSPS) is 10.7. The first-order valence-electron chi connectivity index (χ1n) is 6.05. The quantitative estimate of drug-likeness (QED) is 0.818. The van der Waals surface area contributed by atoms with E-state index in [1.54, 1.807) is 11.8 Å². The Morgan fingerprint density at radius 2 is 1.89 bits per heavy atom. The molecule has 0 saturated heterocycles. The van der Waals surface area contributed by atoms with Crippen LogP contribution in [0.25, 0.3) is 0 Å². The fourth-order valence-corrected chi connectivity index (χ4v) is 2.83. The number of anilines is 1. The summed E-state index contributed by atoms with van der Waals surface area (Å²) in [4.78, 5) is 2.03. The summed E-state index contributed by atoms with van der Waals surface area (Å²) in [6.45, 7) is 3.96. The fourth-order valence-electron chi connectivity index (χ4n) is 1.63. The van der Waals surface area contributed by atoms with Crippen LogP contribution in [0.5, 0.6) is 5.75 Å². The second kappa shape index (κ2) is 6.22. The highest BCUT2D eigenvalue weighted by atomic mass is 35.5. The van der Waals surface area contributed by atoms with E-state index in [1.165, 1.54) is 0 Å². The highest BCUT2D eigenvalue weighted by molar-refractivity contribution is 7.99. The zero-order valence-electron chi connectivity index (χ0n) is 10.9. The van der Waals surface area contributed by atoms with Crippen LogP contribution in [0, 0.1) is 0 Å². The second-order valence-corrected chi connectivity index (χ2v) is 5.95. The Bertz CT molecular complexity index is 572. The maximum absolute atomic E-state index is 6.14. The number of nitrogen functional groups attached to an aromatic ring is 1. The highest BCUT2D eigenvalue weighted by Crippen LogP contribution is 2.37. The molecular weight excluding hydrogens is 278 g/mol. The largest absolute Gasteiger partial charge is 0.489 e. The number of hydrogen-bond acceptors (Lipinski definition) is 3. The Balaban J connectivity index is 2.25. The first-order chi connectivity index (χ1) is 9.06. The van der Waals surface area contributed by atoms with E-state index in [4.69, 9.17) is 22.1 Å². The topological polar surface area (TPSA) is 35.2 Å². The molecule has 0 atom stereocenters. The Kier molecular flexibility index (Phi) is 4.61. The van der Waals surface area contributed by atoms with Crippen molar-refractivity contribution in [2.75, 3.05) is 5.73 Å². The number of hydrogen-bond donors (Lipinski definition) is 1. The van der Waals surface area contributed by atoms with Gasteiger partial charge in [-0.3, -0.25) is 0 Å². The van der Waals surface area contributed by atoms with Crippen molar-refractivity contribution >= 4 is 29.1 Å². The van der Waals surface area contributed by atoms with Crippen molar-refractivity contribution in [1.29, 1.82) is 0 Å². The summed E-state index contributed by atoms with van der Waals surface area (Å²) in [5.74, 6) is 0.724. The van der Waals surface area contributed by atoms with Crippen LogP contribution < -0.4 is 10.5 Å². The molecule has 0 spiro atoms. The SMILES string of the molecule is CC(C)Oc1cccc(Sc2cccc(Cl)c2)c1N. The van der Waals surface area contributed by atoms with Gasteiger partial charge in [-0.2, -0.15) is 0 Å². The molecule has 0 bridgehead atoms. The smallest absolute Gasteiger partial charge is 0.143 e. The average molecular weight is 294 g/mol. The fraction of sp³-hybridized carbons (Fsp3) is 0.200. The van der Waals surface area contributed by atoms with Gasteiger partial charge in [0.2, 0.25) is 0 Å². The summed E-state index contributed by atoms with van der Waals surface area (Å²) in [6.07, 6.45) is 0.105. The van der Waals surface area contributed by atoms with E-state index in [2.05, 4.69) is 0 Å². The number of ether oxygens (including phenoxy) is 1. The van der Waals surface area contributed by atoms with E-state index >= 15 is 0 Å². The molecule has 0 fully saturated rings. The first-order valence-corrected chi connectivity index (χ1v) is 7.24. The van der Waals surface area contributed by atoms with E-state index in [0.717, 1.165) is 20.6 Å². The van der Waals surface area contributed by atoms with Gasteiger partial charge >= 0.3 is 0 Å². The molecule has 19 heavy (non-hydrogen) atoms. The number of halogens is 1. The average Bonchev–Trinajstić information content (AvgIpc) is 2.34. The van der Waals surface area contributed by atoms with Crippen LogP contribution in [-0.2, 0) is 0 Å². The van der Waals surface area contributed by atoms with Crippen molar-refractivity contribution in [3.05, 3.63) is 47.5 Å². The monoisotopic (exact) mass is 293 g/mol. The van der Waals surface area contributed by atoms with Crippen molar-refractivity contribution in [1.82, 2.24) is 0 Å². The Morgan fingerprint density at radius 1 is 1.16 bits per heavy atom. The van der Waals surface area contributed by atoms with Gasteiger partial charge in [-0.1, -0.05) is 35.5 Å². The summed E-state index contributed by atoms with van der Waals surface area (Å²) in [6, 6.07) is 13.5. The standard InChI is InChI=1S/C15H16ClNOS/c1-10(2)18-13-7-4-8-14(15(13)17)19-12-6-3-5-11(16)9-12/h3-10H,17H2,1-2H3. The molecule has 0 saturated carbocycles. The molecular formula is C15H16ClNOS. The van der Waals surface area contributed by atoms with Crippen LogP contribution in [0.15, 0.2) is 52.3 Å². The third-order valence-electron chi connectivity index (χ3n) is 2.41. The van der Waals surface area contributed by atoms with Gasteiger partial charge in [0, 0.05) is 14.8 Å². The summed E-state index contributed by atoms with van der Waals surface area (Å²) in [7, 11) is 0. The van der Waals surface area contributed by atoms with Gasteiger partial charge in [0.25, 0.3) is 0 Å². The molecule has 0 radical (unpaired) electrons. The van der Waals surface area contributed by atoms with Gasteiger partial charge in [-0.25, -0.2) is 0 Å². The summed E-state index contributed by atoms with van der Waals surface area (Å²) < 4.78 is 5.68. The molecule has 2 rings (SSSR count). The van der Waals surface area contributed by atoms with Crippen molar-refractivity contribution in [2.45, 2.75) is 29.7 Å². The van der Waals surface area contributed by atoms with Gasteiger partial charge in [0.1, 0.15) is 5.75 Å². The minimum Gasteiger partial charge on any atom is -0.489 e. The predicted molar refractivity (Wildman–Crippen MR) is 82.2 cm³/mol. The van der Waals surface area contributed by atoms with Crippen molar-refractivity contribution in [2.24, 2.45) is 0 Å². The van der Waals surface area contributed by atoms with Gasteiger partial charge in [0.15, 0.2) is 0 Å². The molecule has 0 aliphatic heterocycles. The maximum atomic E-state index is 6.14. The minimum absolute atomic E-state index is 0.105. The van der Waals surface area contributed by atoms with Crippen LogP contribution in [-0.4, -0.2) is 6.10 Å². The first kappa shape index (κ1) is 14.1. The Labute approximate surface area is 122 Å². The molecule has 0 aromatic heterocycles. The number of rotatable bonds is 4. The Morgan fingerprint density at radius 3 is 2.58 bits per heavy atom. The van der Waals surface area contributed by atoms with Gasteiger partial charge in [-0.05, 0) is 44.2 Å². The summed E-state index contributed by atoms with van der Waals surface area (Å²) in [5.41, 5.74) is 6.81. The number of benzene rings is 2. The number of nitrogens with two attached hydrogens (primary N) is 1. The van der Waals surface area contributed by atoms with Crippen LogP contribution in [0.4, 0.5) is 5.69 Å². The molecule has 0 amide bonds. The molecule has 2 nitrogen and oxygen atoms in total. The predicted octanol–water partition coefficient (Wildman–Crippen LogP) is 4.86. The lowest BCUT2D eigenvalue weighted by atomic mass is 10.3. The molecule has 0 unspecified atom stereocenters. The van der Waals surface area contributed by atoms with E-state index in [9.17, 15) is 0 Å². The second-order valence-electron chi connectivity index (χ2n) is 4.39. The van der Waals surface area contributed by atoms with E-state index in [-0.39, 0.29) is 6.10 Å². The van der Waals surface area contributed by atoms with Crippen LogP contribution in [0.2, 0.25) is 5.02 Å². The maximum Gasteiger partial charge on any atom is 0.143 e. The van der Waals surface area contributed by atoms with Crippen molar-refractivity contribution < 1.29 is 4.74 Å². The molecule has 2 N–H and O–H groups in total. The lowest BCUT2D eigenvalue weighted by Crippen LogP contribution is -2.07. The molecule has 4 heteroatoms. The van der Waals surface area contributed by atoms with Gasteiger partial charge in [0.05, 0.1) is 11.8 Å². The lowest BCUT2D eigenvalue weighted by molar-refractivity contribution is 0.243. The van der Waals surface area contributed by atoms with Crippen LogP contribution in [0.3, 0.4) is 0 Å². The minimum atomic E-state index is 0.105. The van der Waals surface area contributed by atoms with Crippen LogP contribution in [0.1, 0.15) is 13.8 Å². The van der Waals surface area contributed by atoms with E-state index in [1.807, 2.05) is 56.3 Å². The zero-order valence-corrected chi connectivity index (χ0v) is 12.5. The molecule has 0 aliphatic rings. The summed E-state index contributed by atoms with van der Waals surface area (Å²) in [5, 5.41) is 0.721. The highest BCUT2D eigenvalue weighted by Gasteiger charge is 2.09. The molecule has 2 aromatic rings. The summed E-state index contributed by atoms with van der Waals surface area (Å²) >= 11 is 7.56. The van der Waals surface area contributed by atoms with Crippen molar-refractivity contribution in [3.8, 4) is 5.75 Å². The third kappa shape index (κ3) is 3.82. The molecule has 0 heterocycles. The molecule has 100 valence electrons. The lowest BCUT2D eigenvalue weighted by Gasteiger charge is -2.14. The van der Waals surface area contributed by atoms with Crippen LogP contribution >= 0.6 is 23.4 Å². The van der Waals surface area contributed by atoms with E-state index in [0.29, 0.717) is 5.69 Å². The van der Waals surface area contributed by atoms with Gasteiger partial charge < -0.3 is 10.5 Å². The molecule has 2 aromatic carbocycles. The van der Waals surface area contributed by atoms with Crippen molar-refractivity contribution in [3.63, 3.8) is 0 Å². The Hall–Kier alpha value is -1.32.